The summed E-state index contributed by atoms with van der Waals surface area (Å²) in [7, 11) is 1.97. The molecule has 2 heterocycles. The number of aromatic nitrogens is 3. The third kappa shape index (κ3) is 4.06. The quantitative estimate of drug-likeness (QED) is 0.753. The van der Waals surface area contributed by atoms with Crippen LogP contribution < -0.4 is 10.9 Å². The summed E-state index contributed by atoms with van der Waals surface area (Å²) in [5, 5.41) is 7.93. The number of benzene rings is 1. The molecule has 0 saturated carbocycles. The Bertz CT molecular complexity index is 906. The molecule has 0 amide bonds. The molecule has 0 fully saturated rings. The van der Waals surface area contributed by atoms with Gasteiger partial charge in [-0.3, -0.25) is 9.48 Å². The van der Waals surface area contributed by atoms with E-state index in [-0.39, 0.29) is 5.56 Å². The number of hydrogen-bond acceptors (Lipinski definition) is 3. The van der Waals surface area contributed by atoms with Crippen LogP contribution >= 0.6 is 0 Å². The molecule has 1 N–H and O–H groups in total. The molecule has 0 aliphatic rings. The van der Waals surface area contributed by atoms with E-state index < -0.39 is 0 Å². The molecule has 1 aromatic carbocycles. The lowest BCUT2D eigenvalue weighted by Gasteiger charge is -2.08. The molecular formula is C20H24N4O. The lowest BCUT2D eigenvalue weighted by Crippen LogP contribution is -2.18. The molecule has 0 atom stereocenters. The number of nitrogens with zero attached hydrogens (tertiary/aromatic N) is 3. The summed E-state index contributed by atoms with van der Waals surface area (Å²) >= 11 is 0. The topological polar surface area (TPSA) is 51.9 Å². The Hall–Kier alpha value is -2.66. The molecule has 0 aliphatic carbocycles. The highest BCUT2D eigenvalue weighted by Crippen LogP contribution is 2.12. The highest BCUT2D eigenvalue weighted by molar-refractivity contribution is 5.25. The summed E-state index contributed by atoms with van der Waals surface area (Å²) in [5.74, 6) is 0. The predicted molar refractivity (Wildman–Crippen MR) is 99.5 cm³/mol. The van der Waals surface area contributed by atoms with Crippen LogP contribution in [-0.2, 0) is 26.7 Å². The number of hydrogen-bond donors (Lipinski definition) is 1. The Morgan fingerprint density at radius 2 is 1.72 bits per heavy atom. The fourth-order valence-corrected chi connectivity index (χ4v) is 2.96. The first-order chi connectivity index (χ1) is 12.0. The van der Waals surface area contributed by atoms with Gasteiger partial charge in [-0.25, -0.2) is 0 Å². The Morgan fingerprint density at radius 1 is 1.00 bits per heavy atom. The average molecular weight is 336 g/mol. The lowest BCUT2D eigenvalue weighted by atomic mass is 10.1. The third-order valence-corrected chi connectivity index (χ3v) is 4.56. The predicted octanol–water partition coefficient (Wildman–Crippen LogP) is 2.54. The van der Waals surface area contributed by atoms with Crippen LogP contribution in [0.15, 0.2) is 53.5 Å². The monoisotopic (exact) mass is 336 g/mol. The van der Waals surface area contributed by atoms with Crippen molar-refractivity contribution in [1.82, 2.24) is 19.7 Å². The van der Waals surface area contributed by atoms with Gasteiger partial charge >= 0.3 is 0 Å². The van der Waals surface area contributed by atoms with Crippen molar-refractivity contribution in [1.29, 1.82) is 0 Å². The molecule has 5 heteroatoms. The van der Waals surface area contributed by atoms with Gasteiger partial charge in [-0.2, -0.15) is 5.10 Å². The molecule has 2 aromatic heterocycles. The first-order valence-corrected chi connectivity index (χ1v) is 8.47. The van der Waals surface area contributed by atoms with E-state index >= 15 is 0 Å². The number of nitrogens with one attached hydrogen (secondary N) is 1. The van der Waals surface area contributed by atoms with Gasteiger partial charge in [0, 0.05) is 43.7 Å². The van der Waals surface area contributed by atoms with Gasteiger partial charge in [-0.15, -0.1) is 0 Å². The summed E-state index contributed by atoms with van der Waals surface area (Å²) in [6.07, 6.45) is 1.82. The average Bonchev–Trinajstić information content (AvgIpc) is 2.84. The first kappa shape index (κ1) is 17.2. The van der Waals surface area contributed by atoms with Crippen LogP contribution in [0.4, 0.5) is 0 Å². The van der Waals surface area contributed by atoms with Crippen molar-refractivity contribution in [2.75, 3.05) is 0 Å². The minimum atomic E-state index is 0.0236. The van der Waals surface area contributed by atoms with E-state index in [4.69, 9.17) is 0 Å². The third-order valence-electron chi connectivity index (χ3n) is 4.56. The fraction of sp³-hybridized carbons (Fsp3) is 0.300. The standard InChI is InChI=1S/C20H24N4O/c1-15-19(16(2)23(3)22-15)13-21-12-17-7-9-18(10-8-17)14-24-11-5-4-6-20(24)25/h4-11,21H,12-14H2,1-3H3. The van der Waals surface area contributed by atoms with Crippen molar-refractivity contribution in [2.45, 2.75) is 33.5 Å². The van der Waals surface area contributed by atoms with Crippen LogP contribution in [0, 0.1) is 13.8 Å². The zero-order valence-electron chi connectivity index (χ0n) is 15.0. The molecule has 0 spiro atoms. The van der Waals surface area contributed by atoms with E-state index in [1.54, 1.807) is 16.7 Å². The molecule has 0 bridgehead atoms. The molecule has 0 unspecified atom stereocenters. The smallest absolute Gasteiger partial charge is 0.250 e. The van der Waals surface area contributed by atoms with Gasteiger partial charge in [0.2, 0.25) is 0 Å². The van der Waals surface area contributed by atoms with Crippen molar-refractivity contribution < 1.29 is 0 Å². The van der Waals surface area contributed by atoms with Gasteiger partial charge < -0.3 is 9.88 Å². The van der Waals surface area contributed by atoms with Crippen molar-refractivity contribution in [2.24, 2.45) is 7.05 Å². The zero-order valence-corrected chi connectivity index (χ0v) is 15.0. The molecule has 3 rings (SSSR count). The maximum atomic E-state index is 11.8. The van der Waals surface area contributed by atoms with E-state index in [1.165, 1.54) is 16.8 Å². The molecule has 130 valence electrons. The summed E-state index contributed by atoms with van der Waals surface area (Å²) in [6, 6.07) is 13.6. The second-order valence-electron chi connectivity index (χ2n) is 6.36. The molecule has 3 aromatic rings. The van der Waals surface area contributed by atoms with E-state index in [9.17, 15) is 4.79 Å². The number of pyridine rings is 1. The Kier molecular flexibility index (Phi) is 5.14. The Balaban J connectivity index is 1.58. The second kappa shape index (κ2) is 7.49. The molecule has 0 saturated heterocycles. The van der Waals surface area contributed by atoms with Gasteiger partial charge in [0.1, 0.15) is 0 Å². The van der Waals surface area contributed by atoms with Crippen LogP contribution in [0.25, 0.3) is 0 Å². The van der Waals surface area contributed by atoms with Gasteiger partial charge in [-0.1, -0.05) is 30.3 Å². The Labute approximate surface area is 147 Å². The molecule has 25 heavy (non-hydrogen) atoms. The van der Waals surface area contributed by atoms with Crippen molar-refractivity contribution in [3.05, 3.63) is 87.1 Å². The van der Waals surface area contributed by atoms with Gasteiger partial charge in [0.05, 0.1) is 12.2 Å². The maximum Gasteiger partial charge on any atom is 0.250 e. The van der Waals surface area contributed by atoms with Crippen LogP contribution in [0.3, 0.4) is 0 Å². The van der Waals surface area contributed by atoms with Crippen molar-refractivity contribution in [3.63, 3.8) is 0 Å². The SMILES string of the molecule is Cc1nn(C)c(C)c1CNCc1ccc(Cn2ccccc2=O)cc1. The number of aryl methyl sites for hydroxylation is 2. The van der Waals surface area contributed by atoms with E-state index in [1.807, 2.05) is 30.9 Å². The van der Waals surface area contributed by atoms with E-state index in [0.717, 1.165) is 24.3 Å². The lowest BCUT2D eigenvalue weighted by molar-refractivity contribution is 0.683. The van der Waals surface area contributed by atoms with E-state index in [2.05, 4.69) is 41.6 Å². The maximum absolute atomic E-state index is 11.8. The fourth-order valence-electron chi connectivity index (χ4n) is 2.96. The van der Waals surface area contributed by atoms with Crippen LogP contribution in [0.1, 0.15) is 28.1 Å². The second-order valence-corrected chi connectivity index (χ2v) is 6.36. The van der Waals surface area contributed by atoms with Gasteiger partial charge in [0.15, 0.2) is 0 Å². The van der Waals surface area contributed by atoms with Crippen LogP contribution in [0.2, 0.25) is 0 Å². The highest BCUT2D eigenvalue weighted by atomic mass is 16.1. The molecule has 5 nitrogen and oxygen atoms in total. The summed E-state index contributed by atoms with van der Waals surface area (Å²) in [4.78, 5) is 11.8. The molecule has 0 radical (unpaired) electrons. The summed E-state index contributed by atoms with van der Waals surface area (Å²) < 4.78 is 3.63. The zero-order chi connectivity index (χ0) is 17.8. The summed E-state index contributed by atoms with van der Waals surface area (Å²) in [6.45, 7) is 6.36. The Morgan fingerprint density at radius 3 is 2.36 bits per heavy atom. The minimum absolute atomic E-state index is 0.0236. The number of rotatable bonds is 6. The first-order valence-electron chi connectivity index (χ1n) is 8.47. The highest BCUT2D eigenvalue weighted by Gasteiger charge is 2.08. The summed E-state index contributed by atoms with van der Waals surface area (Å²) in [5.41, 5.74) is 5.92. The van der Waals surface area contributed by atoms with Crippen molar-refractivity contribution >= 4 is 0 Å². The van der Waals surface area contributed by atoms with E-state index in [0.29, 0.717) is 6.54 Å². The van der Waals surface area contributed by atoms with Gasteiger partial charge in [0.25, 0.3) is 5.56 Å². The van der Waals surface area contributed by atoms with Gasteiger partial charge in [-0.05, 0) is 31.0 Å². The largest absolute Gasteiger partial charge is 0.311 e. The minimum Gasteiger partial charge on any atom is -0.311 e. The van der Waals surface area contributed by atoms with Crippen LogP contribution in [0.5, 0.6) is 0 Å². The normalized spacial score (nSPS) is 11.0. The molecule has 0 aliphatic heterocycles. The molecular weight excluding hydrogens is 312 g/mol. The van der Waals surface area contributed by atoms with Crippen LogP contribution in [-0.4, -0.2) is 14.3 Å². The van der Waals surface area contributed by atoms with Crippen molar-refractivity contribution in [3.8, 4) is 0 Å².